The van der Waals surface area contributed by atoms with Gasteiger partial charge in [-0.2, -0.15) is 0 Å². The molecule has 2 aromatic rings. The molecule has 2 rings (SSSR count). The first-order valence-electron chi connectivity index (χ1n) is 4.28. The van der Waals surface area contributed by atoms with Crippen LogP contribution in [0.5, 0.6) is 0 Å². The number of fused-ring (bicyclic) bond motifs is 1. The molecule has 5 heteroatoms. The van der Waals surface area contributed by atoms with Crippen molar-refractivity contribution in [3.05, 3.63) is 30.4 Å². The Morgan fingerprint density at radius 2 is 2.29 bits per heavy atom. The number of rotatable bonds is 2. The maximum atomic E-state index is 11.5. The fourth-order valence-corrected chi connectivity index (χ4v) is 1.21. The average molecular weight is 191 g/mol. The van der Waals surface area contributed by atoms with Gasteiger partial charge >= 0.3 is 5.97 Å². The smallest absolute Gasteiger partial charge is 0.355 e. The topological polar surface area (TPSA) is 56.5 Å². The first kappa shape index (κ1) is 8.68. The summed E-state index contributed by atoms with van der Waals surface area (Å²) in [6, 6.07) is 1.60. The van der Waals surface area contributed by atoms with Crippen molar-refractivity contribution in [3.8, 4) is 0 Å². The van der Waals surface area contributed by atoms with Crippen molar-refractivity contribution in [1.29, 1.82) is 0 Å². The van der Waals surface area contributed by atoms with Gasteiger partial charge in [-0.05, 0) is 13.0 Å². The number of esters is 1. The molecule has 0 N–H and O–H groups in total. The predicted molar refractivity (Wildman–Crippen MR) is 48.9 cm³/mol. The van der Waals surface area contributed by atoms with E-state index in [2.05, 4.69) is 9.97 Å². The van der Waals surface area contributed by atoms with Crippen LogP contribution in [-0.4, -0.2) is 26.9 Å². The second kappa shape index (κ2) is 3.45. The summed E-state index contributed by atoms with van der Waals surface area (Å²) in [4.78, 5) is 19.4. The fourth-order valence-electron chi connectivity index (χ4n) is 1.21. The summed E-state index contributed by atoms with van der Waals surface area (Å²) in [5.74, 6) is 0.133. The van der Waals surface area contributed by atoms with E-state index < -0.39 is 0 Å². The zero-order valence-electron chi connectivity index (χ0n) is 7.67. The third kappa shape index (κ3) is 1.32. The number of hydrogen-bond donors (Lipinski definition) is 0. The lowest BCUT2D eigenvalue weighted by Gasteiger charge is -2.03. The van der Waals surface area contributed by atoms with Crippen molar-refractivity contribution >= 4 is 11.7 Å². The Kier molecular flexibility index (Phi) is 2.14. The van der Waals surface area contributed by atoms with E-state index in [4.69, 9.17) is 4.74 Å². The Bertz CT molecular complexity index is 464. The van der Waals surface area contributed by atoms with E-state index in [1.807, 2.05) is 0 Å². The molecular formula is C9H9N3O2. The van der Waals surface area contributed by atoms with Crippen LogP contribution in [-0.2, 0) is 4.74 Å². The van der Waals surface area contributed by atoms with Crippen LogP contribution in [0.2, 0.25) is 0 Å². The number of imidazole rings is 1. The summed E-state index contributed by atoms with van der Waals surface area (Å²) >= 11 is 0. The molecule has 0 aliphatic rings. The van der Waals surface area contributed by atoms with E-state index in [1.165, 1.54) is 6.20 Å². The van der Waals surface area contributed by atoms with Gasteiger partial charge in [-0.25, -0.2) is 14.8 Å². The van der Waals surface area contributed by atoms with Gasteiger partial charge in [0.2, 0.25) is 5.78 Å². The lowest BCUT2D eigenvalue weighted by molar-refractivity contribution is 0.0517. The van der Waals surface area contributed by atoms with E-state index in [9.17, 15) is 4.79 Å². The van der Waals surface area contributed by atoms with E-state index in [-0.39, 0.29) is 5.97 Å². The number of ether oxygens (including phenoxy) is 1. The molecule has 0 aliphatic heterocycles. The molecule has 2 heterocycles. The average Bonchev–Trinajstić information content (AvgIpc) is 2.65. The molecule has 0 amide bonds. The third-order valence-corrected chi connectivity index (χ3v) is 1.79. The molecule has 0 spiro atoms. The first-order chi connectivity index (χ1) is 6.83. The largest absolute Gasteiger partial charge is 0.461 e. The maximum Gasteiger partial charge on any atom is 0.355 e. The molecule has 5 nitrogen and oxygen atoms in total. The zero-order chi connectivity index (χ0) is 9.97. The van der Waals surface area contributed by atoms with E-state index in [0.717, 1.165) is 0 Å². The van der Waals surface area contributed by atoms with Crippen LogP contribution in [0, 0.1) is 0 Å². The Morgan fingerprint density at radius 3 is 3.07 bits per heavy atom. The molecule has 72 valence electrons. The highest BCUT2D eigenvalue weighted by atomic mass is 16.5. The Hall–Kier alpha value is -1.91. The van der Waals surface area contributed by atoms with E-state index >= 15 is 0 Å². The molecule has 0 aromatic carbocycles. The van der Waals surface area contributed by atoms with Gasteiger partial charge in [0.1, 0.15) is 5.69 Å². The predicted octanol–water partition coefficient (Wildman–Crippen LogP) is 0.906. The van der Waals surface area contributed by atoms with Crippen LogP contribution in [0.4, 0.5) is 0 Å². The highest BCUT2D eigenvalue weighted by Crippen LogP contribution is 2.04. The summed E-state index contributed by atoms with van der Waals surface area (Å²) in [6.45, 7) is 2.13. The molecule has 0 radical (unpaired) electrons. The van der Waals surface area contributed by atoms with Crippen LogP contribution in [0.15, 0.2) is 24.7 Å². The van der Waals surface area contributed by atoms with Crippen LogP contribution in [0.3, 0.4) is 0 Å². The molecule has 0 aliphatic carbocycles. The molecule has 0 unspecified atom stereocenters. The maximum absolute atomic E-state index is 11.5. The summed E-state index contributed by atoms with van der Waals surface area (Å²) in [5, 5.41) is 0. The first-order valence-corrected chi connectivity index (χ1v) is 4.28. The third-order valence-electron chi connectivity index (χ3n) is 1.79. The molecule has 0 atom stereocenters. The zero-order valence-corrected chi connectivity index (χ0v) is 7.67. The number of hydrogen-bond acceptors (Lipinski definition) is 4. The summed E-state index contributed by atoms with van der Waals surface area (Å²) in [5.41, 5.74) is 0.439. The lowest BCUT2D eigenvalue weighted by atomic mass is 10.4. The summed E-state index contributed by atoms with van der Waals surface area (Å²) in [7, 11) is 0. The van der Waals surface area contributed by atoms with Gasteiger partial charge in [0.05, 0.1) is 6.61 Å². The van der Waals surface area contributed by atoms with Crippen LogP contribution >= 0.6 is 0 Å². The van der Waals surface area contributed by atoms with E-state index in [0.29, 0.717) is 18.1 Å². The molecule has 0 fully saturated rings. The monoisotopic (exact) mass is 191 g/mol. The Labute approximate surface area is 80.4 Å². The van der Waals surface area contributed by atoms with Crippen molar-refractivity contribution in [1.82, 2.24) is 14.4 Å². The molecular weight excluding hydrogens is 182 g/mol. The summed E-state index contributed by atoms with van der Waals surface area (Å²) in [6.07, 6.45) is 4.80. The number of nitrogens with zero attached hydrogens (tertiary/aromatic N) is 3. The van der Waals surface area contributed by atoms with Crippen molar-refractivity contribution in [3.63, 3.8) is 0 Å². The van der Waals surface area contributed by atoms with Gasteiger partial charge in [0, 0.05) is 18.6 Å². The van der Waals surface area contributed by atoms with Crippen molar-refractivity contribution in [2.75, 3.05) is 6.61 Å². The molecule has 0 bridgehead atoms. The quantitative estimate of drug-likeness (QED) is 0.662. The standard InChI is InChI=1S/C9H9N3O2/c1-2-14-8(13)7-3-4-10-9-11-5-6-12(7)9/h3-6H,2H2,1H3. The van der Waals surface area contributed by atoms with Crippen molar-refractivity contribution < 1.29 is 9.53 Å². The molecule has 2 aromatic heterocycles. The van der Waals surface area contributed by atoms with Crippen LogP contribution in [0.1, 0.15) is 17.4 Å². The molecule has 0 saturated heterocycles. The molecule has 14 heavy (non-hydrogen) atoms. The minimum absolute atomic E-state index is 0.358. The summed E-state index contributed by atoms with van der Waals surface area (Å²) < 4.78 is 6.49. The number of aromatic nitrogens is 3. The van der Waals surface area contributed by atoms with E-state index in [1.54, 1.807) is 29.8 Å². The Balaban J connectivity index is 2.50. The van der Waals surface area contributed by atoms with Gasteiger partial charge in [-0.3, -0.25) is 4.40 Å². The van der Waals surface area contributed by atoms with Gasteiger partial charge in [-0.15, -0.1) is 0 Å². The minimum Gasteiger partial charge on any atom is -0.461 e. The second-order valence-corrected chi connectivity index (χ2v) is 2.65. The highest BCUT2D eigenvalue weighted by molar-refractivity contribution is 5.88. The van der Waals surface area contributed by atoms with Gasteiger partial charge < -0.3 is 4.74 Å². The lowest BCUT2D eigenvalue weighted by Crippen LogP contribution is -2.10. The van der Waals surface area contributed by atoms with Crippen LogP contribution < -0.4 is 0 Å². The minimum atomic E-state index is -0.363. The van der Waals surface area contributed by atoms with Gasteiger partial charge in [-0.1, -0.05) is 0 Å². The number of carbonyl (C=O) groups is 1. The van der Waals surface area contributed by atoms with Gasteiger partial charge in [0.15, 0.2) is 0 Å². The van der Waals surface area contributed by atoms with Crippen molar-refractivity contribution in [2.45, 2.75) is 6.92 Å². The van der Waals surface area contributed by atoms with Gasteiger partial charge in [0.25, 0.3) is 0 Å². The normalized spacial score (nSPS) is 10.4. The SMILES string of the molecule is CCOC(=O)c1ccnc2nccn12. The molecule has 0 saturated carbocycles. The van der Waals surface area contributed by atoms with Crippen molar-refractivity contribution in [2.24, 2.45) is 0 Å². The fraction of sp³-hybridized carbons (Fsp3) is 0.222. The van der Waals surface area contributed by atoms with Crippen LogP contribution in [0.25, 0.3) is 5.78 Å². The Morgan fingerprint density at radius 1 is 1.50 bits per heavy atom. The highest BCUT2D eigenvalue weighted by Gasteiger charge is 2.10. The number of carbonyl (C=O) groups excluding carboxylic acids is 1. The second-order valence-electron chi connectivity index (χ2n) is 2.65.